The number of thioether (sulfide) groups is 2. The van der Waals surface area contributed by atoms with E-state index in [9.17, 15) is 0 Å². The van der Waals surface area contributed by atoms with Crippen molar-refractivity contribution in [3.63, 3.8) is 0 Å². The Bertz CT molecular complexity index is 390. The molecule has 2 heteroatoms. The zero-order chi connectivity index (χ0) is 13.2. The van der Waals surface area contributed by atoms with E-state index in [2.05, 4.69) is 63.4 Å². The number of fused-ring (bicyclic) bond motifs is 1. The molecule has 0 spiro atoms. The molecule has 1 aromatic carbocycles. The largest absolute Gasteiger partial charge is 0.140 e. The van der Waals surface area contributed by atoms with Gasteiger partial charge in [0.15, 0.2) is 0 Å². The predicted molar refractivity (Wildman–Crippen MR) is 86.4 cm³/mol. The Hall–Kier alpha value is -0.0800. The molecule has 0 saturated heterocycles. The third kappa shape index (κ3) is 3.27. The van der Waals surface area contributed by atoms with Gasteiger partial charge in [-0.25, -0.2) is 0 Å². The molecule has 1 heterocycles. The maximum Gasteiger partial charge on any atom is 0.0589 e. The highest BCUT2D eigenvalue weighted by Crippen LogP contribution is 2.47. The first-order valence-corrected chi connectivity index (χ1v) is 8.88. The van der Waals surface area contributed by atoms with E-state index in [1.165, 1.54) is 41.9 Å². The zero-order valence-electron chi connectivity index (χ0n) is 12.0. The van der Waals surface area contributed by atoms with Gasteiger partial charge in [-0.2, -0.15) is 0 Å². The van der Waals surface area contributed by atoms with Crippen molar-refractivity contribution in [1.29, 1.82) is 0 Å². The molecule has 0 nitrogen and oxygen atoms in total. The van der Waals surface area contributed by atoms with Gasteiger partial charge >= 0.3 is 0 Å². The fourth-order valence-corrected chi connectivity index (χ4v) is 5.07. The molecule has 0 bridgehead atoms. The molecule has 0 atom stereocenters. The summed E-state index contributed by atoms with van der Waals surface area (Å²) in [6.07, 6.45) is 4.00. The third-order valence-electron chi connectivity index (χ3n) is 3.87. The van der Waals surface area contributed by atoms with E-state index in [0.29, 0.717) is 4.08 Å². The number of unbranched alkanes of at least 4 members (excludes halogenated alkanes) is 1. The van der Waals surface area contributed by atoms with Crippen LogP contribution < -0.4 is 0 Å². The van der Waals surface area contributed by atoms with Crippen LogP contribution in [0.4, 0.5) is 0 Å². The second-order valence-electron chi connectivity index (χ2n) is 5.52. The van der Waals surface area contributed by atoms with Crippen LogP contribution in [0.15, 0.2) is 12.1 Å². The number of hydrogen-bond donors (Lipinski definition) is 0. The average Bonchev–Trinajstić information content (AvgIpc) is 2.50. The second kappa shape index (κ2) is 5.92. The van der Waals surface area contributed by atoms with Gasteiger partial charge in [0.2, 0.25) is 0 Å². The molecule has 1 aromatic rings. The molecule has 0 aliphatic carbocycles. The molecular weight excluding hydrogens is 256 g/mol. The first kappa shape index (κ1) is 14.3. The average molecular weight is 281 g/mol. The Labute approximate surface area is 120 Å². The topological polar surface area (TPSA) is 0 Å². The van der Waals surface area contributed by atoms with Crippen molar-refractivity contribution in [2.75, 3.05) is 0 Å². The van der Waals surface area contributed by atoms with Crippen molar-refractivity contribution in [3.05, 3.63) is 34.4 Å². The molecular formula is C16H24S2. The highest BCUT2D eigenvalue weighted by atomic mass is 32.2. The van der Waals surface area contributed by atoms with Crippen molar-refractivity contribution in [2.45, 2.75) is 62.5 Å². The van der Waals surface area contributed by atoms with Gasteiger partial charge in [-0.3, -0.25) is 0 Å². The molecule has 0 amide bonds. The minimum Gasteiger partial charge on any atom is -0.140 e. The van der Waals surface area contributed by atoms with Crippen molar-refractivity contribution < 1.29 is 0 Å². The Morgan fingerprint density at radius 2 is 1.56 bits per heavy atom. The molecule has 0 unspecified atom stereocenters. The maximum absolute atomic E-state index is 2.43. The van der Waals surface area contributed by atoms with Gasteiger partial charge in [0.05, 0.1) is 4.08 Å². The number of hydrogen-bond acceptors (Lipinski definition) is 2. The molecule has 100 valence electrons. The van der Waals surface area contributed by atoms with Gasteiger partial charge in [-0.05, 0) is 49.4 Å². The lowest BCUT2D eigenvalue weighted by Crippen LogP contribution is -2.14. The summed E-state index contributed by atoms with van der Waals surface area (Å²) in [4.78, 5) is 0. The first-order valence-electron chi connectivity index (χ1n) is 6.91. The van der Waals surface area contributed by atoms with Crippen LogP contribution in [0, 0.1) is 13.8 Å². The molecule has 2 rings (SSSR count). The van der Waals surface area contributed by atoms with Crippen molar-refractivity contribution in [3.8, 4) is 0 Å². The standard InChI is InChI=1S/C16H24S2/c1-5-6-7-16(4)17-10-14-8-12(2)13(3)9-15(14)11-18-16/h8-9H,5-7,10-11H2,1-4H3. The van der Waals surface area contributed by atoms with E-state index in [4.69, 9.17) is 0 Å². The van der Waals surface area contributed by atoms with Crippen LogP contribution in [0.2, 0.25) is 0 Å². The molecule has 0 aromatic heterocycles. The molecule has 0 fully saturated rings. The molecule has 1 aliphatic heterocycles. The fraction of sp³-hybridized carbons (Fsp3) is 0.625. The van der Waals surface area contributed by atoms with Crippen LogP contribution in [0.5, 0.6) is 0 Å². The Balaban J connectivity index is 2.16. The number of rotatable bonds is 3. The summed E-state index contributed by atoms with van der Waals surface area (Å²) < 4.78 is 0.414. The SMILES string of the molecule is CCCCC1(C)SCc2cc(C)c(C)cc2CS1. The van der Waals surface area contributed by atoms with Gasteiger partial charge in [0.25, 0.3) is 0 Å². The van der Waals surface area contributed by atoms with E-state index >= 15 is 0 Å². The first-order chi connectivity index (χ1) is 8.54. The van der Waals surface area contributed by atoms with Crippen LogP contribution in [0.3, 0.4) is 0 Å². The normalized spacial score (nSPS) is 18.2. The Morgan fingerprint density at radius 3 is 2.00 bits per heavy atom. The van der Waals surface area contributed by atoms with Crippen molar-refractivity contribution >= 4 is 23.5 Å². The summed E-state index contributed by atoms with van der Waals surface area (Å²) in [6, 6.07) is 4.81. The van der Waals surface area contributed by atoms with E-state index in [1.54, 1.807) is 11.1 Å². The third-order valence-corrected chi connectivity index (χ3v) is 7.11. The van der Waals surface area contributed by atoms with Crippen LogP contribution in [-0.4, -0.2) is 4.08 Å². The predicted octanol–water partition coefficient (Wildman–Crippen LogP) is 5.69. The summed E-state index contributed by atoms with van der Waals surface area (Å²) in [5.74, 6) is 2.37. The van der Waals surface area contributed by atoms with Crippen molar-refractivity contribution in [1.82, 2.24) is 0 Å². The Kier molecular flexibility index (Phi) is 4.71. The number of benzene rings is 1. The molecule has 18 heavy (non-hydrogen) atoms. The highest BCUT2D eigenvalue weighted by molar-refractivity contribution is 8.17. The van der Waals surface area contributed by atoms with Crippen LogP contribution in [0.1, 0.15) is 55.4 Å². The van der Waals surface area contributed by atoms with Crippen molar-refractivity contribution in [2.24, 2.45) is 0 Å². The molecule has 0 saturated carbocycles. The van der Waals surface area contributed by atoms with Gasteiger partial charge in [0, 0.05) is 11.5 Å². The van der Waals surface area contributed by atoms with Gasteiger partial charge in [0.1, 0.15) is 0 Å². The minimum absolute atomic E-state index is 0.414. The van der Waals surface area contributed by atoms with Crippen LogP contribution in [0.25, 0.3) is 0 Å². The quantitative estimate of drug-likeness (QED) is 0.697. The smallest absolute Gasteiger partial charge is 0.0589 e. The lowest BCUT2D eigenvalue weighted by molar-refractivity contribution is 0.685. The summed E-state index contributed by atoms with van der Waals surface area (Å²) >= 11 is 4.29. The van der Waals surface area contributed by atoms with E-state index in [0.717, 1.165) is 0 Å². The minimum atomic E-state index is 0.414. The monoisotopic (exact) mass is 280 g/mol. The maximum atomic E-state index is 2.43. The Morgan fingerprint density at radius 1 is 1.06 bits per heavy atom. The van der Waals surface area contributed by atoms with Gasteiger partial charge < -0.3 is 0 Å². The fourth-order valence-electron chi connectivity index (χ4n) is 2.35. The van der Waals surface area contributed by atoms with E-state index in [-0.39, 0.29) is 0 Å². The lowest BCUT2D eigenvalue weighted by Gasteiger charge is -2.26. The van der Waals surface area contributed by atoms with Crippen LogP contribution >= 0.6 is 23.5 Å². The molecule has 0 radical (unpaired) electrons. The van der Waals surface area contributed by atoms with Gasteiger partial charge in [-0.1, -0.05) is 31.9 Å². The van der Waals surface area contributed by atoms with Gasteiger partial charge in [-0.15, -0.1) is 23.5 Å². The summed E-state index contributed by atoms with van der Waals surface area (Å²) in [6.45, 7) is 9.18. The van der Waals surface area contributed by atoms with E-state index in [1.807, 2.05) is 0 Å². The molecule has 1 aliphatic rings. The summed E-state index contributed by atoms with van der Waals surface area (Å²) in [7, 11) is 0. The second-order valence-corrected chi connectivity index (χ2v) is 8.74. The lowest BCUT2D eigenvalue weighted by atomic mass is 10.0. The highest BCUT2D eigenvalue weighted by Gasteiger charge is 2.28. The van der Waals surface area contributed by atoms with E-state index < -0.39 is 0 Å². The van der Waals surface area contributed by atoms with Crippen LogP contribution in [-0.2, 0) is 11.5 Å². The zero-order valence-corrected chi connectivity index (χ0v) is 13.6. The molecule has 0 N–H and O–H groups in total. The number of aryl methyl sites for hydroxylation is 2. The summed E-state index contributed by atoms with van der Waals surface area (Å²) in [5.41, 5.74) is 6.01. The summed E-state index contributed by atoms with van der Waals surface area (Å²) in [5, 5.41) is 0.